The normalized spacial score (nSPS) is 10.8. The summed E-state index contributed by atoms with van der Waals surface area (Å²) in [5.41, 5.74) is 2.34. The molecule has 102 valence electrons. The quantitative estimate of drug-likeness (QED) is 0.511. The zero-order chi connectivity index (χ0) is 14.1. The summed E-state index contributed by atoms with van der Waals surface area (Å²) in [6, 6.07) is 5.68. The van der Waals surface area contributed by atoms with Crippen LogP contribution in [0.25, 0.3) is 10.2 Å². The fourth-order valence-electron chi connectivity index (χ4n) is 1.74. The van der Waals surface area contributed by atoms with Crippen molar-refractivity contribution in [2.45, 2.75) is 0 Å². The van der Waals surface area contributed by atoms with Crippen LogP contribution in [0.15, 0.2) is 29.6 Å². The molecule has 0 spiro atoms. The number of fused-ring (bicyclic) bond motifs is 1. The molecule has 4 N–H and O–H groups in total. The number of hydrogen-bond donors (Lipinski definition) is 3. The largest absolute Gasteiger partial charge is 0.337 e. The number of halogens is 2. The van der Waals surface area contributed by atoms with E-state index < -0.39 is 11.6 Å². The number of anilines is 3. The van der Waals surface area contributed by atoms with Crippen molar-refractivity contribution in [3.63, 3.8) is 0 Å². The zero-order valence-electron chi connectivity index (χ0n) is 10.0. The predicted molar refractivity (Wildman–Crippen MR) is 74.9 cm³/mol. The van der Waals surface area contributed by atoms with Gasteiger partial charge in [0.25, 0.3) is 0 Å². The van der Waals surface area contributed by atoms with Crippen LogP contribution >= 0.6 is 11.3 Å². The molecule has 8 heteroatoms. The third-order valence-electron chi connectivity index (χ3n) is 2.66. The van der Waals surface area contributed by atoms with Gasteiger partial charge < -0.3 is 5.32 Å². The summed E-state index contributed by atoms with van der Waals surface area (Å²) < 4.78 is 26.9. The molecule has 5 nitrogen and oxygen atoms in total. The molecule has 1 aromatic carbocycles. The molecule has 3 aromatic rings. The molecule has 0 aliphatic rings. The number of nitrogen functional groups attached to an aromatic ring is 1. The van der Waals surface area contributed by atoms with Gasteiger partial charge in [-0.2, -0.15) is 4.98 Å². The van der Waals surface area contributed by atoms with Crippen LogP contribution in [0.3, 0.4) is 0 Å². The second kappa shape index (κ2) is 4.99. The van der Waals surface area contributed by atoms with Gasteiger partial charge in [0.05, 0.1) is 11.1 Å². The summed E-state index contributed by atoms with van der Waals surface area (Å²) in [6.45, 7) is 0. The number of nitrogens with two attached hydrogens (primary N) is 1. The Kier molecular flexibility index (Phi) is 3.17. The lowest BCUT2D eigenvalue weighted by Gasteiger charge is -2.09. The van der Waals surface area contributed by atoms with Gasteiger partial charge in [0.1, 0.15) is 10.6 Å². The molecule has 0 amide bonds. The van der Waals surface area contributed by atoms with Gasteiger partial charge in [-0.3, -0.25) is 5.43 Å². The average molecular weight is 293 g/mol. The Morgan fingerprint density at radius 2 is 2.00 bits per heavy atom. The van der Waals surface area contributed by atoms with Crippen LogP contribution in [0.1, 0.15) is 0 Å². The molecule has 0 saturated carbocycles. The molecule has 0 bridgehead atoms. The first-order valence-electron chi connectivity index (χ1n) is 5.62. The second-order valence-corrected chi connectivity index (χ2v) is 4.80. The average Bonchev–Trinajstić information content (AvgIpc) is 2.92. The molecule has 2 heterocycles. The van der Waals surface area contributed by atoms with E-state index in [2.05, 4.69) is 20.7 Å². The molecule has 0 radical (unpaired) electrons. The number of rotatable bonds is 3. The predicted octanol–water partition coefficient (Wildman–Crippen LogP) is 3.00. The molecule has 0 fully saturated rings. The monoisotopic (exact) mass is 293 g/mol. The van der Waals surface area contributed by atoms with E-state index in [-0.39, 0.29) is 11.6 Å². The maximum atomic E-state index is 13.7. The third-order valence-corrected chi connectivity index (χ3v) is 3.47. The van der Waals surface area contributed by atoms with Crippen LogP contribution < -0.4 is 16.6 Å². The molecule has 20 heavy (non-hydrogen) atoms. The summed E-state index contributed by atoms with van der Waals surface area (Å²) in [4.78, 5) is 8.96. The van der Waals surface area contributed by atoms with Gasteiger partial charge in [-0.1, -0.05) is 6.07 Å². The number of nitrogens with one attached hydrogen (secondary N) is 2. The highest BCUT2D eigenvalue weighted by molar-refractivity contribution is 7.16. The van der Waals surface area contributed by atoms with Gasteiger partial charge in [-0.25, -0.2) is 19.6 Å². The Labute approximate surface area is 116 Å². The minimum atomic E-state index is -0.961. The molecule has 0 aliphatic heterocycles. The molecule has 0 atom stereocenters. The van der Waals surface area contributed by atoms with E-state index in [9.17, 15) is 8.78 Å². The highest BCUT2D eigenvalue weighted by Crippen LogP contribution is 2.29. The van der Waals surface area contributed by atoms with E-state index in [0.29, 0.717) is 16.0 Å². The third kappa shape index (κ3) is 2.15. The van der Waals surface area contributed by atoms with E-state index in [1.165, 1.54) is 23.5 Å². The van der Waals surface area contributed by atoms with E-state index in [4.69, 9.17) is 5.84 Å². The zero-order valence-corrected chi connectivity index (χ0v) is 10.8. The van der Waals surface area contributed by atoms with Crippen molar-refractivity contribution < 1.29 is 8.78 Å². The highest BCUT2D eigenvalue weighted by Gasteiger charge is 2.12. The van der Waals surface area contributed by atoms with Gasteiger partial charge in [0.2, 0.25) is 5.95 Å². The maximum Gasteiger partial charge on any atom is 0.240 e. The van der Waals surface area contributed by atoms with Crippen molar-refractivity contribution >= 4 is 39.0 Å². The van der Waals surface area contributed by atoms with Gasteiger partial charge in [-0.15, -0.1) is 11.3 Å². The Hall–Kier alpha value is -2.32. The first-order chi connectivity index (χ1) is 9.69. The summed E-state index contributed by atoms with van der Waals surface area (Å²) >= 11 is 1.39. The number of benzene rings is 1. The van der Waals surface area contributed by atoms with Crippen LogP contribution in [0, 0.1) is 11.6 Å². The number of nitrogens with zero attached hydrogens (tertiary/aromatic N) is 2. The smallest absolute Gasteiger partial charge is 0.240 e. The van der Waals surface area contributed by atoms with Gasteiger partial charge >= 0.3 is 0 Å². The topological polar surface area (TPSA) is 75.9 Å². The fourth-order valence-corrected chi connectivity index (χ4v) is 2.51. The molecule has 0 aliphatic carbocycles. The lowest BCUT2D eigenvalue weighted by molar-refractivity contribution is 0.512. The number of thiophene rings is 1. The van der Waals surface area contributed by atoms with E-state index in [1.807, 2.05) is 5.38 Å². The van der Waals surface area contributed by atoms with Gasteiger partial charge in [0, 0.05) is 0 Å². The number of hydrazine groups is 1. The SMILES string of the molecule is NNc1nc(Nc2cccc(F)c2F)c2ccsc2n1. The van der Waals surface area contributed by atoms with Gasteiger partial charge in [0.15, 0.2) is 11.6 Å². The van der Waals surface area contributed by atoms with Crippen LogP contribution in [0.5, 0.6) is 0 Å². The van der Waals surface area contributed by atoms with Crippen LogP contribution in [-0.4, -0.2) is 9.97 Å². The summed E-state index contributed by atoms with van der Waals surface area (Å²) in [7, 11) is 0. The van der Waals surface area contributed by atoms with Crippen molar-refractivity contribution in [2.24, 2.45) is 5.84 Å². The van der Waals surface area contributed by atoms with Crippen LogP contribution in [-0.2, 0) is 0 Å². The summed E-state index contributed by atoms with van der Waals surface area (Å²) in [6.07, 6.45) is 0. The minimum absolute atomic E-state index is 0.000767. The summed E-state index contributed by atoms with van der Waals surface area (Å²) in [5, 5.41) is 5.29. The van der Waals surface area contributed by atoms with E-state index in [1.54, 1.807) is 6.07 Å². The lowest BCUT2D eigenvalue weighted by Crippen LogP contribution is -2.11. The number of hydrogen-bond acceptors (Lipinski definition) is 6. The summed E-state index contributed by atoms with van der Waals surface area (Å²) in [5.74, 6) is 3.95. The Bertz CT molecular complexity index is 774. The first-order valence-corrected chi connectivity index (χ1v) is 6.50. The molecule has 2 aromatic heterocycles. The highest BCUT2D eigenvalue weighted by atomic mass is 32.1. The van der Waals surface area contributed by atoms with Crippen molar-refractivity contribution in [1.29, 1.82) is 0 Å². The Balaban J connectivity index is 2.10. The van der Waals surface area contributed by atoms with E-state index in [0.717, 1.165) is 6.07 Å². The number of aromatic nitrogens is 2. The van der Waals surface area contributed by atoms with Crippen LogP contribution in [0.2, 0.25) is 0 Å². The molecular formula is C12H9F2N5S. The fraction of sp³-hybridized carbons (Fsp3) is 0. The molecule has 3 rings (SSSR count). The Morgan fingerprint density at radius 1 is 1.15 bits per heavy atom. The van der Waals surface area contributed by atoms with Crippen molar-refractivity contribution in [2.75, 3.05) is 10.7 Å². The first kappa shape index (κ1) is 12.7. The van der Waals surface area contributed by atoms with E-state index >= 15 is 0 Å². The minimum Gasteiger partial charge on any atom is -0.337 e. The van der Waals surface area contributed by atoms with Crippen molar-refractivity contribution in [3.8, 4) is 0 Å². The van der Waals surface area contributed by atoms with Crippen molar-refractivity contribution in [3.05, 3.63) is 41.3 Å². The standard InChI is InChI=1S/C12H9F2N5S/c13-7-2-1-3-8(9(7)14)16-10-6-4-5-20-11(6)18-12(17-10)19-15/h1-5H,15H2,(H2,16,17,18,19). The maximum absolute atomic E-state index is 13.7. The van der Waals surface area contributed by atoms with Crippen molar-refractivity contribution in [1.82, 2.24) is 9.97 Å². The molecular weight excluding hydrogens is 284 g/mol. The van der Waals surface area contributed by atoms with Crippen LogP contribution in [0.4, 0.5) is 26.2 Å². The van der Waals surface area contributed by atoms with Gasteiger partial charge in [-0.05, 0) is 23.6 Å². The molecule has 0 saturated heterocycles. The Morgan fingerprint density at radius 3 is 2.80 bits per heavy atom. The lowest BCUT2D eigenvalue weighted by atomic mass is 10.3. The second-order valence-electron chi connectivity index (χ2n) is 3.91. The molecule has 0 unspecified atom stereocenters.